The minimum absolute atomic E-state index is 0.374. The van der Waals surface area contributed by atoms with Crippen LogP contribution in [0.2, 0.25) is 0 Å². The number of fused-ring (bicyclic) bond motifs is 1. The van der Waals surface area contributed by atoms with Gasteiger partial charge >= 0.3 is 0 Å². The van der Waals surface area contributed by atoms with Crippen LogP contribution in [0.1, 0.15) is 25.6 Å². The Labute approximate surface area is 84.9 Å². The number of halogens is 1. The lowest BCUT2D eigenvalue weighted by Crippen LogP contribution is -1.90. The van der Waals surface area contributed by atoms with Gasteiger partial charge in [-0.15, -0.1) is 0 Å². The number of aromatic nitrogens is 3. The molecule has 0 saturated carbocycles. The van der Waals surface area contributed by atoms with Crippen molar-refractivity contribution in [2.75, 3.05) is 0 Å². The van der Waals surface area contributed by atoms with Crippen molar-refractivity contribution in [3.63, 3.8) is 0 Å². The quantitative estimate of drug-likeness (QED) is 0.766. The number of pyridine rings is 1. The molecule has 0 saturated heterocycles. The minimum Gasteiger partial charge on any atom is -0.221 e. The normalized spacial score (nSPS) is 11.4. The molecule has 0 aliphatic carbocycles. The van der Waals surface area contributed by atoms with E-state index in [0.717, 1.165) is 15.9 Å². The summed E-state index contributed by atoms with van der Waals surface area (Å²) in [4.78, 5) is 4.39. The Morgan fingerprint density at radius 1 is 1.46 bits per heavy atom. The third-order valence-electron chi connectivity index (χ3n) is 1.83. The van der Waals surface area contributed by atoms with Crippen LogP contribution in [0.25, 0.3) is 5.65 Å². The zero-order valence-electron chi connectivity index (χ0n) is 7.53. The zero-order valence-corrected chi connectivity index (χ0v) is 9.12. The van der Waals surface area contributed by atoms with Gasteiger partial charge in [0.15, 0.2) is 11.5 Å². The fraction of sp³-hybridized carbons (Fsp3) is 0.333. The second kappa shape index (κ2) is 3.10. The summed E-state index contributed by atoms with van der Waals surface area (Å²) in [5.41, 5.74) is 0.887. The van der Waals surface area contributed by atoms with Gasteiger partial charge < -0.3 is 0 Å². The Bertz CT molecular complexity index is 433. The third-order valence-corrected chi connectivity index (χ3v) is 2.33. The predicted molar refractivity (Wildman–Crippen MR) is 54.8 cm³/mol. The highest BCUT2D eigenvalue weighted by molar-refractivity contribution is 9.10. The molecule has 0 spiro atoms. The fourth-order valence-corrected chi connectivity index (χ4v) is 1.44. The van der Waals surface area contributed by atoms with E-state index in [2.05, 4.69) is 39.9 Å². The fourth-order valence-electron chi connectivity index (χ4n) is 1.12. The Morgan fingerprint density at radius 2 is 2.23 bits per heavy atom. The molecule has 0 aliphatic rings. The SMILES string of the molecule is CC(C)c1nc2cc(Br)ccn2n1. The molecule has 0 fully saturated rings. The lowest BCUT2D eigenvalue weighted by Gasteiger charge is -1.92. The van der Waals surface area contributed by atoms with Gasteiger partial charge in [-0.3, -0.25) is 0 Å². The molecule has 4 heteroatoms. The molecule has 2 rings (SSSR count). The van der Waals surface area contributed by atoms with Crippen molar-refractivity contribution >= 4 is 21.6 Å². The highest BCUT2D eigenvalue weighted by Gasteiger charge is 2.06. The standard InChI is InChI=1S/C9H10BrN3/c1-6(2)9-11-8-5-7(10)3-4-13(8)12-9/h3-6H,1-2H3. The van der Waals surface area contributed by atoms with E-state index in [0.29, 0.717) is 5.92 Å². The molecule has 0 N–H and O–H groups in total. The highest BCUT2D eigenvalue weighted by Crippen LogP contribution is 2.14. The van der Waals surface area contributed by atoms with Gasteiger partial charge in [-0.25, -0.2) is 9.50 Å². The van der Waals surface area contributed by atoms with E-state index in [9.17, 15) is 0 Å². The molecule has 0 bridgehead atoms. The van der Waals surface area contributed by atoms with Crippen LogP contribution >= 0.6 is 15.9 Å². The summed E-state index contributed by atoms with van der Waals surface area (Å²) in [5, 5.41) is 4.34. The molecule has 13 heavy (non-hydrogen) atoms. The summed E-state index contributed by atoms with van der Waals surface area (Å²) < 4.78 is 2.82. The van der Waals surface area contributed by atoms with Gasteiger partial charge in [-0.05, 0) is 12.1 Å². The predicted octanol–water partition coefficient (Wildman–Crippen LogP) is 2.62. The van der Waals surface area contributed by atoms with Gasteiger partial charge in [0.1, 0.15) is 0 Å². The Balaban J connectivity index is 2.62. The first kappa shape index (κ1) is 8.69. The second-order valence-electron chi connectivity index (χ2n) is 3.27. The summed E-state index contributed by atoms with van der Waals surface area (Å²) in [6.07, 6.45) is 1.90. The number of hydrogen-bond acceptors (Lipinski definition) is 2. The minimum atomic E-state index is 0.374. The Morgan fingerprint density at radius 3 is 2.92 bits per heavy atom. The molecular weight excluding hydrogens is 230 g/mol. The van der Waals surface area contributed by atoms with Crippen molar-refractivity contribution in [2.24, 2.45) is 0 Å². The van der Waals surface area contributed by atoms with Gasteiger partial charge in [0.2, 0.25) is 0 Å². The smallest absolute Gasteiger partial charge is 0.156 e. The van der Waals surface area contributed by atoms with Crippen LogP contribution in [0.4, 0.5) is 0 Å². The lowest BCUT2D eigenvalue weighted by molar-refractivity contribution is 0.765. The summed E-state index contributed by atoms with van der Waals surface area (Å²) in [6, 6.07) is 3.91. The van der Waals surface area contributed by atoms with Crippen molar-refractivity contribution < 1.29 is 0 Å². The Kier molecular flexibility index (Phi) is 2.07. The van der Waals surface area contributed by atoms with Gasteiger partial charge in [0, 0.05) is 16.6 Å². The molecular formula is C9H10BrN3. The average Bonchev–Trinajstić information content (AvgIpc) is 2.46. The molecule has 2 aromatic heterocycles. The topological polar surface area (TPSA) is 30.2 Å². The third kappa shape index (κ3) is 1.58. The molecule has 0 radical (unpaired) electrons. The van der Waals surface area contributed by atoms with E-state index >= 15 is 0 Å². The molecule has 0 amide bonds. The summed E-state index contributed by atoms with van der Waals surface area (Å²) in [6.45, 7) is 4.17. The first-order valence-electron chi connectivity index (χ1n) is 4.18. The van der Waals surface area contributed by atoms with Crippen molar-refractivity contribution in [3.8, 4) is 0 Å². The molecule has 2 aromatic rings. The molecule has 0 aromatic carbocycles. The number of rotatable bonds is 1. The molecule has 0 aliphatic heterocycles. The van der Waals surface area contributed by atoms with Crippen LogP contribution in [0.5, 0.6) is 0 Å². The molecule has 3 nitrogen and oxygen atoms in total. The molecule has 0 unspecified atom stereocenters. The lowest BCUT2D eigenvalue weighted by atomic mass is 10.2. The molecule has 2 heterocycles. The van der Waals surface area contributed by atoms with E-state index in [4.69, 9.17) is 0 Å². The van der Waals surface area contributed by atoms with Crippen LogP contribution in [-0.4, -0.2) is 14.6 Å². The first-order chi connectivity index (χ1) is 6.16. The van der Waals surface area contributed by atoms with Crippen LogP contribution in [0.15, 0.2) is 22.8 Å². The molecule has 0 atom stereocenters. The van der Waals surface area contributed by atoms with Crippen LogP contribution in [0.3, 0.4) is 0 Å². The summed E-state index contributed by atoms with van der Waals surface area (Å²) in [5.74, 6) is 1.26. The number of hydrogen-bond donors (Lipinski definition) is 0. The Hall–Kier alpha value is -0.900. The van der Waals surface area contributed by atoms with E-state index in [-0.39, 0.29) is 0 Å². The van der Waals surface area contributed by atoms with Gasteiger partial charge in [-0.2, -0.15) is 5.10 Å². The second-order valence-corrected chi connectivity index (χ2v) is 4.19. The van der Waals surface area contributed by atoms with Gasteiger partial charge in [0.05, 0.1) is 0 Å². The number of nitrogens with zero attached hydrogens (tertiary/aromatic N) is 3. The monoisotopic (exact) mass is 239 g/mol. The van der Waals surface area contributed by atoms with E-state index in [1.807, 2.05) is 18.3 Å². The zero-order chi connectivity index (χ0) is 9.42. The van der Waals surface area contributed by atoms with E-state index in [1.54, 1.807) is 4.52 Å². The van der Waals surface area contributed by atoms with E-state index < -0.39 is 0 Å². The van der Waals surface area contributed by atoms with Crippen LogP contribution in [-0.2, 0) is 0 Å². The molecule has 68 valence electrons. The summed E-state index contributed by atoms with van der Waals surface area (Å²) >= 11 is 3.40. The average molecular weight is 240 g/mol. The van der Waals surface area contributed by atoms with Crippen molar-refractivity contribution in [1.29, 1.82) is 0 Å². The maximum Gasteiger partial charge on any atom is 0.156 e. The van der Waals surface area contributed by atoms with Gasteiger partial charge in [-0.1, -0.05) is 29.8 Å². The van der Waals surface area contributed by atoms with Gasteiger partial charge in [0.25, 0.3) is 0 Å². The van der Waals surface area contributed by atoms with Crippen molar-refractivity contribution in [1.82, 2.24) is 14.6 Å². The maximum atomic E-state index is 4.39. The highest BCUT2D eigenvalue weighted by atomic mass is 79.9. The van der Waals surface area contributed by atoms with Crippen molar-refractivity contribution in [3.05, 3.63) is 28.6 Å². The largest absolute Gasteiger partial charge is 0.221 e. The van der Waals surface area contributed by atoms with Crippen LogP contribution < -0.4 is 0 Å². The maximum absolute atomic E-state index is 4.39. The summed E-state index contributed by atoms with van der Waals surface area (Å²) in [7, 11) is 0. The van der Waals surface area contributed by atoms with Crippen molar-refractivity contribution in [2.45, 2.75) is 19.8 Å². The van der Waals surface area contributed by atoms with E-state index in [1.165, 1.54) is 0 Å². The first-order valence-corrected chi connectivity index (χ1v) is 4.98. The van der Waals surface area contributed by atoms with Crippen LogP contribution in [0, 0.1) is 0 Å².